The highest BCUT2D eigenvalue weighted by molar-refractivity contribution is 5.42. The molecule has 1 aliphatic rings. The fraction of sp³-hybridized carbons (Fsp3) is 0.667. The number of ether oxygens (including phenoxy) is 2. The highest BCUT2D eigenvalue weighted by Crippen LogP contribution is 2.27. The molecule has 0 aromatic heterocycles. The van der Waals surface area contributed by atoms with E-state index in [0.29, 0.717) is 0 Å². The molecule has 1 saturated heterocycles. The number of nitrogens with one attached hydrogen (secondary N) is 1. The van der Waals surface area contributed by atoms with Crippen LogP contribution in [0.5, 0.6) is 11.5 Å². The Balaban J connectivity index is 1.68. The van der Waals surface area contributed by atoms with E-state index >= 15 is 0 Å². The van der Waals surface area contributed by atoms with Crippen LogP contribution in [0.2, 0.25) is 0 Å². The van der Waals surface area contributed by atoms with E-state index in [0.717, 1.165) is 24.1 Å². The minimum atomic E-state index is 0.800. The van der Waals surface area contributed by atoms with Crippen molar-refractivity contribution in [3.05, 3.63) is 23.8 Å². The molecule has 4 heteroatoms. The van der Waals surface area contributed by atoms with Gasteiger partial charge in [-0.3, -0.25) is 0 Å². The van der Waals surface area contributed by atoms with Crippen LogP contribution in [-0.4, -0.2) is 39.9 Å². The molecule has 2 rings (SSSR count). The van der Waals surface area contributed by atoms with E-state index in [1.165, 1.54) is 50.9 Å². The summed E-state index contributed by atoms with van der Waals surface area (Å²) in [6, 6.07) is 7.05. The van der Waals surface area contributed by atoms with Gasteiger partial charge in [-0.15, -0.1) is 0 Å². The van der Waals surface area contributed by atoms with Crippen LogP contribution < -0.4 is 19.7 Å². The van der Waals surface area contributed by atoms with E-state index in [2.05, 4.69) is 24.4 Å². The third kappa shape index (κ3) is 4.89. The van der Waals surface area contributed by atoms with Gasteiger partial charge in [0.1, 0.15) is 6.54 Å². The van der Waals surface area contributed by atoms with Crippen LogP contribution in [0.4, 0.5) is 0 Å². The van der Waals surface area contributed by atoms with Crippen molar-refractivity contribution in [1.82, 2.24) is 0 Å². The zero-order valence-corrected chi connectivity index (χ0v) is 14.4. The third-order valence-electron chi connectivity index (χ3n) is 4.82. The Morgan fingerprint density at radius 1 is 1.18 bits per heavy atom. The van der Waals surface area contributed by atoms with Crippen molar-refractivity contribution in [3.8, 4) is 11.5 Å². The van der Waals surface area contributed by atoms with Crippen molar-refractivity contribution >= 4 is 0 Å². The summed E-state index contributed by atoms with van der Waals surface area (Å²) in [5, 5.41) is 2.40. The average Bonchev–Trinajstić information content (AvgIpc) is 2.56. The highest BCUT2D eigenvalue weighted by atomic mass is 16.5. The molecule has 0 spiro atoms. The van der Waals surface area contributed by atoms with Crippen LogP contribution >= 0.6 is 0 Å². The van der Waals surface area contributed by atoms with Gasteiger partial charge in [-0.1, -0.05) is 0 Å². The van der Waals surface area contributed by atoms with Crippen molar-refractivity contribution in [1.29, 1.82) is 0 Å². The summed E-state index contributed by atoms with van der Waals surface area (Å²) < 4.78 is 10.6. The lowest BCUT2D eigenvalue weighted by molar-refractivity contribution is -0.930. The summed E-state index contributed by atoms with van der Waals surface area (Å²) in [6.07, 6.45) is 5.54. The molecule has 2 atom stereocenters. The molecule has 124 valence electrons. The minimum absolute atomic E-state index is 0.800. The fourth-order valence-corrected chi connectivity index (χ4v) is 3.37. The maximum absolute atomic E-state index is 5.35. The lowest BCUT2D eigenvalue weighted by Gasteiger charge is -2.29. The van der Waals surface area contributed by atoms with Crippen LogP contribution in [0, 0.1) is 0 Å². The van der Waals surface area contributed by atoms with Gasteiger partial charge in [0.2, 0.25) is 0 Å². The van der Waals surface area contributed by atoms with Crippen LogP contribution in [0.3, 0.4) is 0 Å². The van der Waals surface area contributed by atoms with Crippen molar-refractivity contribution in [2.24, 2.45) is 0 Å². The quantitative estimate of drug-likeness (QED) is 0.691. The molecular formula is C18H32N2O2+2. The van der Waals surface area contributed by atoms with E-state index < -0.39 is 0 Å². The minimum Gasteiger partial charge on any atom is -0.493 e. The number of nitrogens with two attached hydrogens (primary N) is 1. The molecule has 0 radical (unpaired) electrons. The molecule has 1 aromatic carbocycles. The molecule has 1 heterocycles. The number of benzene rings is 1. The Morgan fingerprint density at radius 2 is 2.00 bits per heavy atom. The Morgan fingerprint density at radius 3 is 2.73 bits per heavy atom. The first kappa shape index (κ1) is 17.1. The van der Waals surface area contributed by atoms with Crippen LogP contribution in [0.15, 0.2) is 18.2 Å². The second kappa shape index (κ2) is 9.01. The maximum Gasteiger partial charge on any atom is 0.161 e. The second-order valence-electron chi connectivity index (χ2n) is 6.38. The molecule has 0 saturated carbocycles. The van der Waals surface area contributed by atoms with Gasteiger partial charge in [0.15, 0.2) is 11.5 Å². The van der Waals surface area contributed by atoms with Gasteiger partial charge in [-0.25, -0.2) is 0 Å². The number of hydrogen-bond acceptors (Lipinski definition) is 2. The molecule has 0 aliphatic carbocycles. The van der Waals surface area contributed by atoms with Gasteiger partial charge in [-0.05, 0) is 44.4 Å². The Labute approximate surface area is 134 Å². The summed E-state index contributed by atoms with van der Waals surface area (Å²) in [5.74, 6) is 1.62. The van der Waals surface area contributed by atoms with Crippen LogP contribution in [-0.2, 0) is 6.54 Å². The average molecular weight is 308 g/mol. The predicted octanol–water partition coefficient (Wildman–Crippen LogP) is 0.615. The molecule has 0 bridgehead atoms. The number of rotatable bonds is 8. The number of likely N-dealkylation sites (tertiary alicyclic amines) is 1. The summed E-state index contributed by atoms with van der Waals surface area (Å²) in [4.78, 5) is 1.81. The summed E-state index contributed by atoms with van der Waals surface area (Å²) in [6.45, 7) is 7.30. The van der Waals surface area contributed by atoms with Gasteiger partial charge >= 0.3 is 0 Å². The largest absolute Gasteiger partial charge is 0.493 e. The summed E-state index contributed by atoms with van der Waals surface area (Å²) in [7, 11) is 3.36. The van der Waals surface area contributed by atoms with Crippen molar-refractivity contribution in [3.63, 3.8) is 0 Å². The number of methoxy groups -OCH3 is 2. The van der Waals surface area contributed by atoms with Gasteiger partial charge in [0.25, 0.3) is 0 Å². The third-order valence-corrected chi connectivity index (χ3v) is 4.82. The van der Waals surface area contributed by atoms with Crippen molar-refractivity contribution in [2.75, 3.05) is 33.9 Å². The molecule has 3 N–H and O–H groups in total. The Kier molecular flexibility index (Phi) is 7.00. The smallest absolute Gasteiger partial charge is 0.161 e. The summed E-state index contributed by atoms with van der Waals surface area (Å²) >= 11 is 0. The molecule has 1 fully saturated rings. The van der Waals surface area contributed by atoms with Crippen molar-refractivity contribution < 1.29 is 19.7 Å². The summed E-state index contributed by atoms with van der Waals surface area (Å²) in [5.41, 5.74) is 1.29. The highest BCUT2D eigenvalue weighted by Gasteiger charge is 2.20. The molecule has 0 amide bonds. The molecular weight excluding hydrogens is 276 g/mol. The number of hydrogen-bond donors (Lipinski definition) is 2. The normalized spacial score (nSPS) is 21.6. The second-order valence-corrected chi connectivity index (χ2v) is 6.38. The monoisotopic (exact) mass is 308 g/mol. The molecule has 1 aromatic rings. The zero-order chi connectivity index (χ0) is 15.8. The van der Waals surface area contributed by atoms with E-state index in [1.54, 1.807) is 14.2 Å². The topological polar surface area (TPSA) is 39.5 Å². The maximum atomic E-state index is 5.35. The first-order valence-corrected chi connectivity index (χ1v) is 8.61. The fourth-order valence-electron chi connectivity index (χ4n) is 3.37. The number of piperidine rings is 1. The Bertz CT molecular complexity index is 451. The SMILES string of the molecule is COc1ccc(C[NH2+]CCC[NH+]2CCCC[C@H]2C)cc1OC. The van der Waals surface area contributed by atoms with E-state index in [4.69, 9.17) is 9.47 Å². The first-order valence-electron chi connectivity index (χ1n) is 8.61. The molecule has 4 nitrogen and oxygen atoms in total. The van der Waals surface area contributed by atoms with E-state index in [9.17, 15) is 0 Å². The van der Waals surface area contributed by atoms with Crippen molar-refractivity contribution in [2.45, 2.75) is 45.2 Å². The molecule has 1 unspecified atom stereocenters. The van der Waals surface area contributed by atoms with Gasteiger partial charge in [0, 0.05) is 12.0 Å². The lowest BCUT2D eigenvalue weighted by Crippen LogP contribution is -3.16. The van der Waals surface area contributed by atoms with Gasteiger partial charge in [0.05, 0.1) is 39.9 Å². The standard InChI is InChI=1S/C18H30N2O2/c1-15-7-4-5-11-20(15)12-6-10-19-14-16-8-9-17(21-2)18(13-16)22-3/h8-9,13,15,19H,4-7,10-12,14H2,1-3H3/p+2/t15-/m1/s1. The Hall–Kier alpha value is -1.26. The van der Waals surface area contributed by atoms with Gasteiger partial charge < -0.3 is 19.7 Å². The number of quaternary nitrogens is 2. The predicted molar refractivity (Wildman–Crippen MR) is 88.7 cm³/mol. The van der Waals surface area contributed by atoms with Crippen LogP contribution in [0.25, 0.3) is 0 Å². The van der Waals surface area contributed by atoms with E-state index in [-0.39, 0.29) is 0 Å². The lowest BCUT2D eigenvalue weighted by atomic mass is 10.0. The van der Waals surface area contributed by atoms with E-state index in [1.807, 2.05) is 11.0 Å². The molecule has 1 aliphatic heterocycles. The van der Waals surface area contributed by atoms with Gasteiger partial charge in [-0.2, -0.15) is 0 Å². The molecule has 22 heavy (non-hydrogen) atoms. The zero-order valence-electron chi connectivity index (χ0n) is 14.4. The van der Waals surface area contributed by atoms with Crippen LogP contribution in [0.1, 0.15) is 38.2 Å². The first-order chi connectivity index (χ1) is 10.7.